The second kappa shape index (κ2) is 4.83. The summed E-state index contributed by atoms with van der Waals surface area (Å²) < 4.78 is 3.52. The summed E-state index contributed by atoms with van der Waals surface area (Å²) in [5, 5.41) is 1.33. The zero-order valence-electron chi connectivity index (χ0n) is 9.90. The number of hydrogen-bond acceptors (Lipinski definition) is 1. The lowest BCUT2D eigenvalue weighted by molar-refractivity contribution is 0.324. The van der Waals surface area contributed by atoms with Crippen LogP contribution in [0.15, 0.2) is 34.9 Å². The molecule has 0 amide bonds. The van der Waals surface area contributed by atoms with E-state index in [1.54, 1.807) is 0 Å². The van der Waals surface area contributed by atoms with Crippen LogP contribution in [-0.4, -0.2) is 29.1 Å². The number of benzene rings is 1. The molecule has 0 atom stereocenters. The molecule has 0 saturated carbocycles. The van der Waals surface area contributed by atoms with Gasteiger partial charge in [0.25, 0.3) is 0 Å². The van der Waals surface area contributed by atoms with E-state index in [2.05, 4.69) is 55.9 Å². The van der Waals surface area contributed by atoms with E-state index in [-0.39, 0.29) is 0 Å². The Morgan fingerprint density at radius 2 is 1.88 bits per heavy atom. The Hall–Kier alpha value is -0.800. The molecule has 0 spiro atoms. The van der Waals surface area contributed by atoms with Gasteiger partial charge in [-0.1, -0.05) is 22.0 Å². The summed E-state index contributed by atoms with van der Waals surface area (Å²) >= 11 is 3.54. The second-order valence-corrected chi connectivity index (χ2v) is 5.68. The van der Waals surface area contributed by atoms with E-state index in [9.17, 15) is 0 Å². The van der Waals surface area contributed by atoms with Gasteiger partial charge < -0.3 is 9.47 Å². The maximum atomic E-state index is 3.54. The van der Waals surface area contributed by atoms with E-state index in [0.29, 0.717) is 0 Å². The summed E-state index contributed by atoms with van der Waals surface area (Å²) in [4.78, 5) is 2.56. The van der Waals surface area contributed by atoms with E-state index in [0.717, 1.165) is 11.0 Å². The molecule has 0 bridgehead atoms. The quantitative estimate of drug-likeness (QED) is 0.841. The Bertz CT molecular complexity index is 512. The van der Waals surface area contributed by atoms with Gasteiger partial charge >= 0.3 is 0 Å². The number of nitrogens with zero attached hydrogens (tertiary/aromatic N) is 2. The zero-order chi connectivity index (χ0) is 11.7. The fraction of sp³-hybridized carbons (Fsp3) is 0.429. The van der Waals surface area contributed by atoms with Gasteiger partial charge in [0.15, 0.2) is 0 Å². The number of aromatic nitrogens is 1. The van der Waals surface area contributed by atoms with Crippen LogP contribution in [0.4, 0.5) is 0 Å². The molecule has 1 aromatic heterocycles. The van der Waals surface area contributed by atoms with E-state index >= 15 is 0 Å². The standard InChI is InChI=1S/C14H17BrN2/c15-13-4-3-12-5-8-17(14(12)11-13)10-9-16-6-1-2-7-16/h3-5,8,11H,1-2,6-7,9-10H2. The molecule has 17 heavy (non-hydrogen) atoms. The minimum Gasteiger partial charge on any atom is -0.346 e. The minimum absolute atomic E-state index is 1.10. The fourth-order valence-electron chi connectivity index (χ4n) is 2.61. The molecule has 0 aliphatic carbocycles. The molecular formula is C14H17BrN2. The first-order chi connectivity index (χ1) is 8.33. The third kappa shape index (κ3) is 2.40. The number of likely N-dealkylation sites (tertiary alicyclic amines) is 1. The van der Waals surface area contributed by atoms with Crippen LogP contribution < -0.4 is 0 Å². The summed E-state index contributed by atoms with van der Waals surface area (Å²) in [5.41, 5.74) is 1.33. The number of rotatable bonds is 3. The van der Waals surface area contributed by atoms with Crippen molar-refractivity contribution < 1.29 is 0 Å². The second-order valence-electron chi connectivity index (χ2n) is 4.76. The van der Waals surface area contributed by atoms with Crippen LogP contribution in [0.3, 0.4) is 0 Å². The predicted molar refractivity (Wildman–Crippen MR) is 75.3 cm³/mol. The SMILES string of the molecule is Brc1ccc2ccn(CCN3CCCC3)c2c1. The highest BCUT2D eigenvalue weighted by molar-refractivity contribution is 9.10. The van der Waals surface area contributed by atoms with E-state index in [1.807, 2.05) is 0 Å². The lowest BCUT2D eigenvalue weighted by atomic mass is 10.2. The number of halogens is 1. The molecule has 1 aliphatic heterocycles. The Morgan fingerprint density at radius 1 is 1.06 bits per heavy atom. The molecular weight excluding hydrogens is 276 g/mol. The van der Waals surface area contributed by atoms with Gasteiger partial charge in [-0.15, -0.1) is 0 Å². The van der Waals surface area contributed by atoms with Gasteiger partial charge in [-0.3, -0.25) is 0 Å². The highest BCUT2D eigenvalue weighted by atomic mass is 79.9. The molecule has 90 valence electrons. The van der Waals surface area contributed by atoms with Crippen molar-refractivity contribution in [1.82, 2.24) is 9.47 Å². The van der Waals surface area contributed by atoms with Gasteiger partial charge in [0, 0.05) is 29.3 Å². The molecule has 0 unspecified atom stereocenters. The molecule has 1 saturated heterocycles. The van der Waals surface area contributed by atoms with E-state index in [1.165, 1.54) is 43.4 Å². The first kappa shape index (κ1) is 11.3. The van der Waals surface area contributed by atoms with Gasteiger partial charge in [-0.2, -0.15) is 0 Å². The predicted octanol–water partition coefficient (Wildman–Crippen LogP) is 3.50. The third-order valence-corrected chi connectivity index (χ3v) is 4.09. The molecule has 2 heterocycles. The van der Waals surface area contributed by atoms with Crippen molar-refractivity contribution in [3.63, 3.8) is 0 Å². The first-order valence-electron chi connectivity index (χ1n) is 6.30. The van der Waals surface area contributed by atoms with Gasteiger partial charge in [0.1, 0.15) is 0 Å². The summed E-state index contributed by atoms with van der Waals surface area (Å²) in [5.74, 6) is 0. The third-order valence-electron chi connectivity index (χ3n) is 3.59. The van der Waals surface area contributed by atoms with Crippen molar-refractivity contribution in [2.75, 3.05) is 19.6 Å². The molecule has 2 nitrogen and oxygen atoms in total. The summed E-state index contributed by atoms with van der Waals surface area (Å²) in [7, 11) is 0. The highest BCUT2D eigenvalue weighted by Crippen LogP contribution is 2.21. The van der Waals surface area contributed by atoms with Crippen LogP contribution in [-0.2, 0) is 6.54 Å². The van der Waals surface area contributed by atoms with Crippen molar-refractivity contribution in [3.8, 4) is 0 Å². The largest absolute Gasteiger partial charge is 0.346 e. The molecule has 0 N–H and O–H groups in total. The van der Waals surface area contributed by atoms with Crippen molar-refractivity contribution in [3.05, 3.63) is 34.9 Å². The number of fused-ring (bicyclic) bond motifs is 1. The minimum atomic E-state index is 1.10. The maximum Gasteiger partial charge on any atom is 0.0492 e. The van der Waals surface area contributed by atoms with Gasteiger partial charge in [0.05, 0.1) is 0 Å². The van der Waals surface area contributed by atoms with Gasteiger partial charge in [0.2, 0.25) is 0 Å². The first-order valence-corrected chi connectivity index (χ1v) is 7.09. The monoisotopic (exact) mass is 292 g/mol. The van der Waals surface area contributed by atoms with Crippen molar-refractivity contribution >= 4 is 26.8 Å². The van der Waals surface area contributed by atoms with Crippen LogP contribution in [0.2, 0.25) is 0 Å². The van der Waals surface area contributed by atoms with Crippen molar-refractivity contribution in [2.45, 2.75) is 19.4 Å². The van der Waals surface area contributed by atoms with Gasteiger partial charge in [-0.25, -0.2) is 0 Å². The van der Waals surface area contributed by atoms with Crippen LogP contribution in [0.25, 0.3) is 10.9 Å². The van der Waals surface area contributed by atoms with Crippen LogP contribution in [0, 0.1) is 0 Å². The van der Waals surface area contributed by atoms with Crippen LogP contribution >= 0.6 is 15.9 Å². The van der Waals surface area contributed by atoms with Gasteiger partial charge in [-0.05, 0) is 49.5 Å². The van der Waals surface area contributed by atoms with E-state index < -0.39 is 0 Å². The average Bonchev–Trinajstić information content (AvgIpc) is 2.94. The summed E-state index contributed by atoms with van der Waals surface area (Å²) in [6.07, 6.45) is 4.95. The molecule has 3 rings (SSSR count). The Morgan fingerprint density at radius 3 is 2.71 bits per heavy atom. The topological polar surface area (TPSA) is 8.17 Å². The summed E-state index contributed by atoms with van der Waals surface area (Å²) in [6, 6.07) is 8.68. The molecule has 1 aromatic carbocycles. The Labute approximate surface area is 110 Å². The van der Waals surface area contributed by atoms with E-state index in [4.69, 9.17) is 0 Å². The molecule has 0 radical (unpaired) electrons. The summed E-state index contributed by atoms with van der Waals surface area (Å²) in [6.45, 7) is 4.84. The van der Waals surface area contributed by atoms with Crippen LogP contribution in [0.1, 0.15) is 12.8 Å². The van der Waals surface area contributed by atoms with Crippen molar-refractivity contribution in [1.29, 1.82) is 0 Å². The maximum absolute atomic E-state index is 3.54. The molecule has 2 aromatic rings. The average molecular weight is 293 g/mol. The molecule has 1 aliphatic rings. The fourth-order valence-corrected chi connectivity index (χ4v) is 2.96. The Kier molecular flexibility index (Phi) is 3.21. The lowest BCUT2D eigenvalue weighted by Gasteiger charge is -2.15. The van der Waals surface area contributed by atoms with Crippen molar-refractivity contribution in [2.24, 2.45) is 0 Å². The molecule has 3 heteroatoms. The molecule has 1 fully saturated rings. The van der Waals surface area contributed by atoms with Crippen LogP contribution in [0.5, 0.6) is 0 Å². The highest BCUT2D eigenvalue weighted by Gasteiger charge is 2.11. The number of hydrogen-bond donors (Lipinski definition) is 0. The Balaban J connectivity index is 1.77. The zero-order valence-corrected chi connectivity index (χ0v) is 11.5. The lowest BCUT2D eigenvalue weighted by Crippen LogP contribution is -2.23. The smallest absolute Gasteiger partial charge is 0.0492 e. The normalized spacial score (nSPS) is 17.0.